The Kier molecular flexibility index (Phi) is 6.22. The van der Waals surface area contributed by atoms with Crippen molar-refractivity contribution in [3.8, 4) is 0 Å². The molecule has 1 aromatic heterocycles. The molecule has 2 N–H and O–H groups in total. The molecule has 10 heteroatoms. The molecule has 0 radical (unpaired) electrons. The Morgan fingerprint density at radius 2 is 1.80 bits per heavy atom. The minimum Gasteiger partial charge on any atom is -0.367 e. The first-order chi connectivity index (χ1) is 16.8. The lowest BCUT2D eigenvalue weighted by atomic mass is 9.93. The van der Waals surface area contributed by atoms with E-state index in [1.165, 1.54) is 12.1 Å². The maximum atomic E-state index is 15.0. The number of carbonyl (C=O) groups excluding carboxylic acids is 1. The van der Waals surface area contributed by atoms with Crippen LogP contribution in [-0.2, 0) is 6.54 Å². The lowest BCUT2D eigenvalue weighted by Gasteiger charge is -2.36. The molecule has 3 aromatic rings. The Morgan fingerprint density at radius 1 is 1.06 bits per heavy atom. The maximum absolute atomic E-state index is 15.0. The molecule has 1 amide bonds. The van der Waals surface area contributed by atoms with Gasteiger partial charge in [-0.25, -0.2) is 18.2 Å². The topological polar surface area (TPSA) is 81.3 Å². The van der Waals surface area contributed by atoms with Gasteiger partial charge in [0, 0.05) is 44.3 Å². The van der Waals surface area contributed by atoms with Crippen LogP contribution in [0.3, 0.4) is 0 Å². The average Bonchev–Trinajstić information content (AvgIpc) is 2.82. The number of hydrogen-bond acceptors (Lipinski definition) is 5. The van der Waals surface area contributed by atoms with Gasteiger partial charge in [-0.2, -0.15) is 0 Å². The molecule has 2 fully saturated rings. The summed E-state index contributed by atoms with van der Waals surface area (Å²) in [5, 5.41) is 2.73. The summed E-state index contributed by atoms with van der Waals surface area (Å²) >= 11 is 0. The van der Waals surface area contributed by atoms with E-state index in [9.17, 15) is 18.4 Å². The number of fused-ring (bicyclic) bond motifs is 1. The third-order valence-electron chi connectivity index (χ3n) is 6.91. The van der Waals surface area contributed by atoms with Crippen molar-refractivity contribution in [1.29, 1.82) is 0 Å². The number of aromatic amines is 1. The molecule has 1 aliphatic heterocycles. The van der Waals surface area contributed by atoms with Crippen LogP contribution < -0.4 is 15.8 Å². The Balaban J connectivity index is 1.25. The number of nitrogens with zero attached hydrogens (tertiary/aromatic N) is 3. The summed E-state index contributed by atoms with van der Waals surface area (Å²) in [6.07, 6.45) is 2.74. The zero-order valence-electron chi connectivity index (χ0n) is 19.3. The van der Waals surface area contributed by atoms with Gasteiger partial charge in [0.1, 0.15) is 11.2 Å². The van der Waals surface area contributed by atoms with Gasteiger partial charge in [-0.05, 0) is 44.4 Å². The van der Waals surface area contributed by atoms with Gasteiger partial charge in [0.2, 0.25) is 0 Å². The number of halogens is 3. The fourth-order valence-corrected chi connectivity index (χ4v) is 4.54. The van der Waals surface area contributed by atoms with Crippen LogP contribution in [0.1, 0.15) is 40.9 Å². The summed E-state index contributed by atoms with van der Waals surface area (Å²) in [6, 6.07) is 6.13. The molecule has 184 valence electrons. The third-order valence-corrected chi connectivity index (χ3v) is 6.91. The SMILES string of the molecule is Cc1nc2ccc(CN3CCN(c4ccc(C(=O)NC5CCC5)c(F)c4F)CC3)c(F)c2[nH]c1=O. The molecule has 1 saturated carbocycles. The normalized spacial score (nSPS) is 17.0. The van der Waals surface area contributed by atoms with Gasteiger partial charge in [0.05, 0.1) is 16.8 Å². The lowest BCUT2D eigenvalue weighted by molar-refractivity contribution is 0.0912. The van der Waals surface area contributed by atoms with E-state index in [2.05, 4.69) is 15.3 Å². The number of nitrogens with one attached hydrogen (secondary N) is 2. The van der Waals surface area contributed by atoms with Crippen LogP contribution in [0.5, 0.6) is 0 Å². The molecule has 35 heavy (non-hydrogen) atoms. The van der Waals surface area contributed by atoms with Crippen LogP contribution in [-0.4, -0.2) is 53.0 Å². The Morgan fingerprint density at radius 3 is 2.49 bits per heavy atom. The summed E-state index contributed by atoms with van der Waals surface area (Å²) in [5.74, 6) is -3.28. The highest BCUT2D eigenvalue weighted by molar-refractivity contribution is 5.95. The largest absolute Gasteiger partial charge is 0.367 e. The van der Waals surface area contributed by atoms with Gasteiger partial charge in [0.15, 0.2) is 17.5 Å². The van der Waals surface area contributed by atoms with Crippen molar-refractivity contribution in [3.05, 3.63) is 68.9 Å². The van der Waals surface area contributed by atoms with Gasteiger partial charge >= 0.3 is 0 Å². The minimum absolute atomic E-state index is 0.0331. The highest BCUT2D eigenvalue weighted by Gasteiger charge is 2.27. The smallest absolute Gasteiger partial charge is 0.269 e. The number of carbonyl (C=O) groups is 1. The fraction of sp³-hybridized carbons (Fsp3) is 0.400. The van der Waals surface area contributed by atoms with Gasteiger partial charge < -0.3 is 15.2 Å². The van der Waals surface area contributed by atoms with Gasteiger partial charge in [0.25, 0.3) is 11.5 Å². The van der Waals surface area contributed by atoms with E-state index >= 15 is 4.39 Å². The van der Waals surface area contributed by atoms with Crippen molar-refractivity contribution >= 4 is 22.6 Å². The molecule has 0 atom stereocenters. The second-order valence-corrected chi connectivity index (χ2v) is 9.21. The maximum Gasteiger partial charge on any atom is 0.269 e. The number of hydrogen-bond donors (Lipinski definition) is 2. The molecule has 0 spiro atoms. The summed E-state index contributed by atoms with van der Waals surface area (Å²) < 4.78 is 44.5. The number of anilines is 1. The summed E-state index contributed by atoms with van der Waals surface area (Å²) in [6.45, 7) is 3.71. The van der Waals surface area contributed by atoms with Crippen LogP contribution in [0.2, 0.25) is 0 Å². The van der Waals surface area contributed by atoms with Crippen molar-refractivity contribution < 1.29 is 18.0 Å². The first-order valence-electron chi connectivity index (χ1n) is 11.8. The Labute approximate surface area is 200 Å². The summed E-state index contributed by atoms with van der Waals surface area (Å²) in [4.78, 5) is 34.5. The van der Waals surface area contributed by atoms with Crippen LogP contribution in [0.4, 0.5) is 18.9 Å². The molecule has 0 bridgehead atoms. The first kappa shape index (κ1) is 23.3. The van der Waals surface area contributed by atoms with Gasteiger partial charge in [-0.1, -0.05) is 6.07 Å². The summed E-state index contributed by atoms with van der Waals surface area (Å²) in [7, 11) is 0. The number of benzene rings is 2. The van der Waals surface area contributed by atoms with E-state index in [0.29, 0.717) is 43.8 Å². The number of H-pyrrole nitrogens is 1. The number of aromatic nitrogens is 2. The molecule has 1 aliphatic carbocycles. The van der Waals surface area contributed by atoms with Crippen molar-refractivity contribution in [1.82, 2.24) is 20.2 Å². The number of piperazine rings is 1. The van der Waals surface area contributed by atoms with Crippen LogP contribution in [0, 0.1) is 24.4 Å². The predicted molar refractivity (Wildman–Crippen MR) is 126 cm³/mol. The van der Waals surface area contributed by atoms with E-state index < -0.39 is 28.9 Å². The van der Waals surface area contributed by atoms with Crippen molar-refractivity contribution in [2.75, 3.05) is 31.1 Å². The quantitative estimate of drug-likeness (QED) is 0.580. The van der Waals surface area contributed by atoms with Crippen LogP contribution in [0.15, 0.2) is 29.1 Å². The molecule has 2 aliphatic rings. The van der Waals surface area contributed by atoms with Crippen LogP contribution >= 0.6 is 0 Å². The van der Waals surface area contributed by atoms with Crippen molar-refractivity contribution in [3.63, 3.8) is 0 Å². The zero-order valence-corrected chi connectivity index (χ0v) is 19.3. The highest BCUT2D eigenvalue weighted by atomic mass is 19.2. The number of aryl methyl sites for hydroxylation is 1. The molecule has 2 aromatic carbocycles. The van der Waals surface area contributed by atoms with Gasteiger partial charge in [-0.3, -0.25) is 14.5 Å². The van der Waals surface area contributed by atoms with E-state index in [0.717, 1.165) is 19.3 Å². The van der Waals surface area contributed by atoms with Gasteiger partial charge in [-0.15, -0.1) is 0 Å². The predicted octanol–water partition coefficient (Wildman–Crippen LogP) is 3.25. The molecular formula is C25H26F3N5O2. The minimum atomic E-state index is -1.14. The Hall–Kier alpha value is -3.40. The van der Waals surface area contributed by atoms with E-state index in [-0.39, 0.29) is 28.5 Å². The lowest BCUT2D eigenvalue weighted by Crippen LogP contribution is -2.46. The fourth-order valence-electron chi connectivity index (χ4n) is 4.54. The van der Waals surface area contributed by atoms with E-state index in [1.54, 1.807) is 24.0 Å². The van der Waals surface area contributed by atoms with Crippen molar-refractivity contribution in [2.24, 2.45) is 0 Å². The third kappa shape index (κ3) is 4.50. The molecular weight excluding hydrogens is 459 g/mol. The summed E-state index contributed by atoms with van der Waals surface area (Å²) in [5.41, 5.74) is 0.557. The molecule has 7 nitrogen and oxygen atoms in total. The zero-order chi connectivity index (χ0) is 24.7. The second kappa shape index (κ2) is 9.33. The molecule has 0 unspecified atom stereocenters. The first-order valence-corrected chi connectivity index (χ1v) is 11.8. The molecule has 2 heterocycles. The average molecular weight is 486 g/mol. The van der Waals surface area contributed by atoms with Crippen LogP contribution in [0.25, 0.3) is 11.0 Å². The van der Waals surface area contributed by atoms with E-state index in [1.807, 2.05) is 4.90 Å². The highest BCUT2D eigenvalue weighted by Crippen LogP contribution is 2.27. The van der Waals surface area contributed by atoms with Crippen molar-refractivity contribution in [2.45, 2.75) is 38.8 Å². The number of amides is 1. The standard InChI is InChI=1S/C25H26F3N5O2/c1-14-24(34)31-23-18(29-14)7-5-15(20(23)26)13-32-9-11-33(12-10-32)19-8-6-17(21(27)22(19)28)25(35)30-16-3-2-4-16/h5-8,16H,2-4,9-13H2,1H3,(H,30,35)(H,31,34). The Bertz CT molecular complexity index is 1350. The second-order valence-electron chi connectivity index (χ2n) is 9.21. The monoisotopic (exact) mass is 485 g/mol. The molecule has 5 rings (SSSR count). The van der Waals surface area contributed by atoms with E-state index in [4.69, 9.17) is 0 Å². The molecule has 1 saturated heterocycles. The number of rotatable bonds is 5.